The summed E-state index contributed by atoms with van der Waals surface area (Å²) in [4.78, 5) is 0. The van der Waals surface area contributed by atoms with Crippen molar-refractivity contribution in [3.8, 4) is 33.4 Å². The van der Waals surface area contributed by atoms with Crippen LogP contribution in [0.2, 0.25) is 0 Å². The molecule has 0 nitrogen and oxygen atoms in total. The highest BCUT2D eigenvalue weighted by atomic mass is 14.4. The Morgan fingerprint density at radius 1 is 0.361 bits per heavy atom. The summed E-state index contributed by atoms with van der Waals surface area (Å²) in [6, 6.07) is 19.2. The Hall–Kier alpha value is -7.28. The van der Waals surface area contributed by atoms with Crippen molar-refractivity contribution in [3.63, 3.8) is 0 Å². The van der Waals surface area contributed by atoms with E-state index < -0.39 is 102 Å². The van der Waals surface area contributed by atoms with E-state index in [1.54, 1.807) is 0 Å². The molecule has 286 valence electrons. The molecule has 0 spiro atoms. The SMILES string of the molecule is [2H]c1c([2H])c2c([2H])c([2H])c3c([2H])c([2H])c(Cc4cc(Cc5c([2H])c([2H])c6c([2H])c([2H])c7c([2H])c([2H])c([2H])c8c([2H])c([2H])c5c6c78)c(-c5ccc6c(c5)C(C)(C)c5ccccc5-6)cc4-c4ccccc4)c4c([2H])c([2H])c(c1[2H])c2c34. The van der Waals surface area contributed by atoms with Crippen LogP contribution in [0, 0.1) is 0 Å². The standard InChI is InChI=1S/C61H42/c1-61(2)55-17-7-6-16-51(55)52-31-28-46(35-56(52)61)54-36-53(37-10-4-3-5-11-37)47(32-44-24-22-42-20-18-38-12-8-14-40-26-29-49(44)59(42)57(38)40)34-48(54)33-45-25-23-43-21-19-39-13-9-15-41-27-30-50(45)60(43)58(39)41/h3-31,34-36H,32-33H2,1-2H3/i8D,9D,12D,13D,14D,15D,18D,19D,20D,21D,22D,23D,24D,25D,26D,27D,29D,30D. The topological polar surface area (TPSA) is 0 Å². The Kier molecular flexibility index (Phi) is 4.49. The van der Waals surface area contributed by atoms with Crippen molar-refractivity contribution in [2.45, 2.75) is 32.1 Å². The maximum Gasteiger partial charge on any atom is 0.0630 e. The van der Waals surface area contributed by atoms with E-state index in [1.807, 2.05) is 60.7 Å². The zero-order chi connectivity index (χ0) is 56.1. The fraction of sp³-hybridized carbons (Fsp3) is 0.0820. The molecule has 1 aliphatic carbocycles. The maximum atomic E-state index is 9.76. The van der Waals surface area contributed by atoms with Gasteiger partial charge in [0.1, 0.15) is 0 Å². The van der Waals surface area contributed by atoms with Crippen LogP contribution in [-0.4, -0.2) is 0 Å². The van der Waals surface area contributed by atoms with Gasteiger partial charge in [0.25, 0.3) is 0 Å². The van der Waals surface area contributed by atoms with E-state index in [2.05, 4.69) is 38.1 Å². The number of hydrogen-bond donors (Lipinski definition) is 0. The lowest BCUT2D eigenvalue weighted by molar-refractivity contribution is 0.660. The summed E-state index contributed by atoms with van der Waals surface area (Å²) in [6.07, 6.45) is -0.368. The largest absolute Gasteiger partial charge is 0.0630 e. The molecule has 0 unspecified atom stereocenters. The van der Waals surface area contributed by atoms with E-state index in [9.17, 15) is 12.3 Å². The molecule has 0 saturated heterocycles. The summed E-state index contributed by atoms with van der Waals surface area (Å²) in [5.74, 6) is 0. The van der Waals surface area contributed by atoms with Crippen molar-refractivity contribution < 1.29 is 24.7 Å². The average molecular weight is 793 g/mol. The molecule has 61 heavy (non-hydrogen) atoms. The number of benzene rings is 12. The van der Waals surface area contributed by atoms with Crippen molar-refractivity contribution in [3.05, 3.63) is 227 Å². The van der Waals surface area contributed by atoms with Gasteiger partial charge in [0, 0.05) is 5.41 Å². The molecule has 13 rings (SSSR count). The van der Waals surface area contributed by atoms with Crippen LogP contribution in [0.1, 0.15) is 71.9 Å². The van der Waals surface area contributed by atoms with Crippen LogP contribution in [0.3, 0.4) is 0 Å². The molecule has 0 heteroatoms. The predicted molar refractivity (Wildman–Crippen MR) is 261 cm³/mol. The highest BCUT2D eigenvalue weighted by molar-refractivity contribution is 6.24. The molecule has 0 atom stereocenters. The third-order valence-corrected chi connectivity index (χ3v) is 12.8. The lowest BCUT2D eigenvalue weighted by Crippen LogP contribution is -2.15. The molecular weight excluding hydrogens is 733 g/mol. The molecule has 0 N–H and O–H groups in total. The van der Waals surface area contributed by atoms with E-state index in [1.165, 1.54) is 0 Å². The van der Waals surface area contributed by atoms with Gasteiger partial charge in [-0.2, -0.15) is 0 Å². The molecule has 0 amide bonds. The second-order valence-corrected chi connectivity index (χ2v) is 16.5. The van der Waals surface area contributed by atoms with Crippen molar-refractivity contribution >= 4 is 64.6 Å². The number of fused-ring (bicyclic) bond motifs is 3. The van der Waals surface area contributed by atoms with Crippen LogP contribution in [0.5, 0.6) is 0 Å². The second-order valence-electron chi connectivity index (χ2n) is 16.5. The monoisotopic (exact) mass is 792 g/mol. The summed E-state index contributed by atoms with van der Waals surface area (Å²) in [7, 11) is 0. The van der Waals surface area contributed by atoms with Gasteiger partial charge in [0.15, 0.2) is 0 Å². The van der Waals surface area contributed by atoms with Gasteiger partial charge in [-0.05, 0) is 156 Å². The molecule has 12 aromatic carbocycles. The quantitative estimate of drug-likeness (QED) is 0.147. The van der Waals surface area contributed by atoms with Gasteiger partial charge in [-0.15, -0.1) is 0 Å². The Labute approximate surface area is 381 Å². The highest BCUT2D eigenvalue weighted by Crippen LogP contribution is 2.50. The molecular formula is C61H42. The van der Waals surface area contributed by atoms with Crippen molar-refractivity contribution in [1.82, 2.24) is 0 Å². The Morgan fingerprint density at radius 2 is 0.836 bits per heavy atom. The van der Waals surface area contributed by atoms with Crippen molar-refractivity contribution in [1.29, 1.82) is 0 Å². The minimum absolute atomic E-state index is 0.0211. The molecule has 0 radical (unpaired) electrons. The molecule has 0 fully saturated rings. The van der Waals surface area contributed by atoms with E-state index in [0.29, 0.717) is 22.3 Å². The second kappa shape index (κ2) is 12.9. The molecule has 0 bridgehead atoms. The highest BCUT2D eigenvalue weighted by Gasteiger charge is 2.35. The first-order chi connectivity index (χ1) is 37.5. The first-order valence-corrected chi connectivity index (χ1v) is 20.3. The van der Waals surface area contributed by atoms with E-state index >= 15 is 0 Å². The maximum absolute atomic E-state index is 9.76. The molecule has 0 aliphatic heterocycles. The summed E-state index contributed by atoms with van der Waals surface area (Å²) in [5, 5.41) is -0.728. The van der Waals surface area contributed by atoms with Crippen LogP contribution in [0.25, 0.3) is 98.0 Å². The molecule has 1 aliphatic rings. The third kappa shape index (κ3) is 5.12. The fourth-order valence-electron chi connectivity index (χ4n) is 9.89. The van der Waals surface area contributed by atoms with E-state index in [0.717, 1.165) is 33.4 Å². The minimum atomic E-state index is -0.574. The summed E-state index contributed by atoms with van der Waals surface area (Å²) in [6.45, 7) is 4.32. The van der Waals surface area contributed by atoms with Crippen molar-refractivity contribution in [2.75, 3.05) is 0 Å². The van der Waals surface area contributed by atoms with Gasteiger partial charge in [0.05, 0.1) is 24.7 Å². The van der Waals surface area contributed by atoms with Gasteiger partial charge < -0.3 is 0 Å². The molecule has 0 aromatic heterocycles. The smallest absolute Gasteiger partial charge is 0.0622 e. The van der Waals surface area contributed by atoms with Gasteiger partial charge in [-0.3, -0.25) is 0 Å². The van der Waals surface area contributed by atoms with Crippen LogP contribution in [-0.2, 0) is 18.3 Å². The Bertz CT molecular complexity index is 4720. The zero-order valence-electron chi connectivity index (χ0n) is 51.0. The number of hydrogen-bond acceptors (Lipinski definition) is 0. The normalized spacial score (nSPS) is 17.5. The average Bonchev–Trinajstić information content (AvgIpc) is 3.10. The lowest BCUT2D eigenvalue weighted by Gasteiger charge is -2.23. The van der Waals surface area contributed by atoms with Crippen LogP contribution in [0.4, 0.5) is 0 Å². The number of rotatable bonds is 6. The van der Waals surface area contributed by atoms with Gasteiger partial charge in [-0.25, -0.2) is 0 Å². The lowest BCUT2D eigenvalue weighted by atomic mass is 9.80. The van der Waals surface area contributed by atoms with Crippen LogP contribution < -0.4 is 0 Å². The van der Waals surface area contributed by atoms with Gasteiger partial charge in [-0.1, -0.05) is 195 Å². The summed E-state index contributed by atoms with van der Waals surface area (Å²) in [5.41, 5.74) is 8.02. The molecule has 12 aromatic rings. The van der Waals surface area contributed by atoms with Crippen LogP contribution >= 0.6 is 0 Å². The summed E-state index contributed by atoms with van der Waals surface area (Å²) >= 11 is 0. The van der Waals surface area contributed by atoms with Crippen LogP contribution in [0.15, 0.2) is 194 Å². The first kappa shape index (κ1) is 21.3. The van der Waals surface area contributed by atoms with E-state index in [-0.39, 0.29) is 101 Å². The predicted octanol–water partition coefficient (Wildman–Crippen LogP) is 16.3. The molecule has 0 saturated carbocycles. The summed E-state index contributed by atoms with van der Waals surface area (Å²) < 4.78 is 166. The van der Waals surface area contributed by atoms with E-state index in [4.69, 9.17) is 12.3 Å². The van der Waals surface area contributed by atoms with Crippen molar-refractivity contribution in [2.24, 2.45) is 0 Å². The first-order valence-electron chi connectivity index (χ1n) is 29.3. The fourth-order valence-corrected chi connectivity index (χ4v) is 9.89. The molecule has 0 heterocycles. The zero-order valence-corrected chi connectivity index (χ0v) is 33.0. The minimum Gasteiger partial charge on any atom is -0.0622 e. The third-order valence-electron chi connectivity index (χ3n) is 12.8. The van der Waals surface area contributed by atoms with Gasteiger partial charge in [0.2, 0.25) is 0 Å². The van der Waals surface area contributed by atoms with Gasteiger partial charge >= 0.3 is 0 Å². The Morgan fingerprint density at radius 3 is 1.43 bits per heavy atom. The Balaban J connectivity index is 1.15.